The number of esters is 1. The first-order chi connectivity index (χ1) is 11.2. The van der Waals surface area contributed by atoms with Crippen LogP contribution in [-0.2, 0) is 14.3 Å². The summed E-state index contributed by atoms with van der Waals surface area (Å²) >= 11 is 0. The zero-order valence-corrected chi connectivity index (χ0v) is 16.1. The smallest absolute Gasteiger partial charge is 0.306 e. The fourth-order valence-corrected chi connectivity index (χ4v) is 3.14. The SMILES string of the molecule is C[C@@H]1[C@@H](C)CCC(=O)O[C@H](C)[C@@H](C)/C=C/C=C/C(=O)[C@H](C)C[C@@H]1C. The lowest BCUT2D eigenvalue weighted by Gasteiger charge is -2.28. The van der Waals surface area contributed by atoms with Gasteiger partial charge in [0, 0.05) is 18.3 Å². The van der Waals surface area contributed by atoms with Crippen LogP contribution < -0.4 is 0 Å². The summed E-state index contributed by atoms with van der Waals surface area (Å²) in [5.41, 5.74) is 0. The summed E-state index contributed by atoms with van der Waals surface area (Å²) in [5, 5.41) is 0. The molecular weight excluding hydrogens is 300 g/mol. The van der Waals surface area contributed by atoms with E-state index in [1.54, 1.807) is 12.2 Å². The largest absolute Gasteiger partial charge is 0.462 e. The number of rotatable bonds is 0. The number of hydrogen-bond acceptors (Lipinski definition) is 3. The van der Waals surface area contributed by atoms with E-state index in [9.17, 15) is 9.59 Å². The normalized spacial score (nSPS) is 39.9. The number of carbonyl (C=O) groups is 2. The van der Waals surface area contributed by atoms with Crippen molar-refractivity contribution >= 4 is 11.8 Å². The number of ketones is 1. The highest BCUT2D eigenvalue weighted by Crippen LogP contribution is 2.29. The quantitative estimate of drug-likeness (QED) is 0.588. The summed E-state index contributed by atoms with van der Waals surface area (Å²) < 4.78 is 5.53. The average molecular weight is 335 g/mol. The van der Waals surface area contributed by atoms with E-state index in [1.807, 2.05) is 32.9 Å². The number of carbonyl (C=O) groups excluding carboxylic acids is 2. The molecule has 1 aliphatic heterocycles. The maximum Gasteiger partial charge on any atom is 0.306 e. The molecule has 0 radical (unpaired) electrons. The number of ether oxygens (including phenoxy) is 1. The lowest BCUT2D eigenvalue weighted by molar-refractivity contribution is -0.150. The molecule has 0 N–H and O–H groups in total. The molecule has 3 heteroatoms. The second-order valence-electron chi connectivity index (χ2n) is 7.69. The molecule has 0 aliphatic carbocycles. The van der Waals surface area contributed by atoms with Crippen molar-refractivity contribution in [1.29, 1.82) is 0 Å². The Morgan fingerprint density at radius 3 is 2.29 bits per heavy atom. The average Bonchev–Trinajstić information content (AvgIpc) is 2.54. The maximum atomic E-state index is 12.2. The molecule has 24 heavy (non-hydrogen) atoms. The van der Waals surface area contributed by atoms with Crippen LogP contribution >= 0.6 is 0 Å². The van der Waals surface area contributed by atoms with Crippen molar-refractivity contribution in [2.75, 3.05) is 0 Å². The Bertz CT molecular complexity index is 477. The van der Waals surface area contributed by atoms with Gasteiger partial charge in [0.15, 0.2) is 5.78 Å². The fraction of sp³-hybridized carbons (Fsp3) is 0.714. The van der Waals surface area contributed by atoms with Gasteiger partial charge < -0.3 is 4.74 Å². The summed E-state index contributed by atoms with van der Waals surface area (Å²) in [6, 6.07) is 0. The molecule has 0 aromatic carbocycles. The Morgan fingerprint density at radius 2 is 1.62 bits per heavy atom. The maximum absolute atomic E-state index is 12.2. The zero-order valence-electron chi connectivity index (χ0n) is 16.1. The summed E-state index contributed by atoms with van der Waals surface area (Å²) in [6.07, 6.45) is 9.35. The van der Waals surface area contributed by atoms with Crippen LogP contribution in [0.25, 0.3) is 0 Å². The zero-order chi connectivity index (χ0) is 18.3. The van der Waals surface area contributed by atoms with E-state index in [2.05, 4.69) is 20.8 Å². The van der Waals surface area contributed by atoms with Gasteiger partial charge in [-0.15, -0.1) is 0 Å². The Balaban J connectivity index is 2.90. The van der Waals surface area contributed by atoms with Crippen molar-refractivity contribution in [3.8, 4) is 0 Å². The highest BCUT2D eigenvalue weighted by atomic mass is 16.5. The minimum atomic E-state index is -0.156. The van der Waals surface area contributed by atoms with Crippen LogP contribution in [0.2, 0.25) is 0 Å². The minimum absolute atomic E-state index is 0.0357. The van der Waals surface area contributed by atoms with E-state index in [0.717, 1.165) is 12.8 Å². The number of cyclic esters (lactones) is 1. The molecule has 1 rings (SSSR count). The summed E-state index contributed by atoms with van der Waals surface area (Å²) in [5.74, 6) is 1.59. The van der Waals surface area contributed by atoms with Gasteiger partial charge in [0.1, 0.15) is 6.10 Å². The molecule has 1 heterocycles. The van der Waals surface area contributed by atoms with E-state index in [4.69, 9.17) is 4.74 Å². The summed E-state index contributed by atoms with van der Waals surface area (Å²) in [6.45, 7) is 12.6. The Morgan fingerprint density at radius 1 is 0.958 bits per heavy atom. The van der Waals surface area contributed by atoms with Crippen LogP contribution in [0.15, 0.2) is 24.3 Å². The first-order valence-corrected chi connectivity index (χ1v) is 9.30. The van der Waals surface area contributed by atoms with Crippen molar-refractivity contribution < 1.29 is 14.3 Å². The van der Waals surface area contributed by atoms with Gasteiger partial charge >= 0.3 is 5.97 Å². The predicted molar refractivity (Wildman–Crippen MR) is 98.5 cm³/mol. The molecule has 0 amide bonds. The first kappa shape index (κ1) is 20.7. The predicted octanol–water partition coefficient (Wildman–Crippen LogP) is 4.96. The summed E-state index contributed by atoms with van der Waals surface area (Å²) in [7, 11) is 0. The lowest BCUT2D eigenvalue weighted by atomic mass is 9.78. The van der Waals surface area contributed by atoms with Gasteiger partial charge in [-0.25, -0.2) is 0 Å². The standard InChI is InChI=1S/C21H34O3/c1-14-11-12-21(23)24-19(6)15(2)9-7-8-10-20(22)17(4)13-16(3)18(14)5/h7-10,14-19H,11-13H2,1-6H3/b9-7+,10-8+/t14-,15-,16-,17+,18+,19+/m0/s1. The molecule has 0 unspecified atom stereocenters. The van der Waals surface area contributed by atoms with Crippen LogP contribution in [-0.4, -0.2) is 17.9 Å². The fourth-order valence-electron chi connectivity index (χ4n) is 3.14. The molecule has 1 aliphatic rings. The van der Waals surface area contributed by atoms with Gasteiger partial charge in [-0.2, -0.15) is 0 Å². The molecule has 0 saturated carbocycles. The van der Waals surface area contributed by atoms with Crippen LogP contribution in [0, 0.1) is 29.6 Å². The molecular formula is C21H34O3. The lowest BCUT2D eigenvalue weighted by Crippen LogP contribution is -2.24. The van der Waals surface area contributed by atoms with Crippen molar-refractivity contribution in [1.82, 2.24) is 0 Å². The second-order valence-corrected chi connectivity index (χ2v) is 7.69. The monoisotopic (exact) mass is 334 g/mol. The Kier molecular flexibility index (Phi) is 8.44. The van der Waals surface area contributed by atoms with E-state index in [1.165, 1.54) is 0 Å². The molecule has 0 aromatic heterocycles. The first-order valence-electron chi connectivity index (χ1n) is 9.30. The van der Waals surface area contributed by atoms with E-state index in [-0.39, 0.29) is 29.7 Å². The highest BCUT2D eigenvalue weighted by molar-refractivity contribution is 5.91. The Hall–Kier alpha value is -1.38. The third-order valence-electron chi connectivity index (χ3n) is 5.65. The molecule has 0 saturated heterocycles. The summed E-state index contributed by atoms with van der Waals surface area (Å²) in [4.78, 5) is 24.3. The third-order valence-corrected chi connectivity index (χ3v) is 5.65. The topological polar surface area (TPSA) is 43.4 Å². The van der Waals surface area contributed by atoms with E-state index < -0.39 is 0 Å². The van der Waals surface area contributed by atoms with E-state index in [0.29, 0.717) is 24.2 Å². The highest BCUT2D eigenvalue weighted by Gasteiger charge is 2.24. The molecule has 0 fully saturated rings. The van der Waals surface area contributed by atoms with Crippen LogP contribution in [0.1, 0.15) is 60.8 Å². The van der Waals surface area contributed by atoms with Crippen molar-refractivity contribution in [2.24, 2.45) is 29.6 Å². The van der Waals surface area contributed by atoms with Gasteiger partial charge in [-0.1, -0.05) is 52.8 Å². The van der Waals surface area contributed by atoms with Crippen molar-refractivity contribution in [3.63, 3.8) is 0 Å². The van der Waals surface area contributed by atoms with Gasteiger partial charge in [0.25, 0.3) is 0 Å². The van der Waals surface area contributed by atoms with Crippen LogP contribution in [0.4, 0.5) is 0 Å². The van der Waals surface area contributed by atoms with Crippen LogP contribution in [0.5, 0.6) is 0 Å². The van der Waals surface area contributed by atoms with Gasteiger partial charge in [0.05, 0.1) is 0 Å². The molecule has 136 valence electrons. The molecule has 0 bridgehead atoms. The van der Waals surface area contributed by atoms with Crippen molar-refractivity contribution in [3.05, 3.63) is 24.3 Å². The number of hydrogen-bond donors (Lipinski definition) is 0. The van der Waals surface area contributed by atoms with Crippen molar-refractivity contribution in [2.45, 2.75) is 66.9 Å². The second kappa shape index (κ2) is 9.80. The minimum Gasteiger partial charge on any atom is -0.462 e. The van der Waals surface area contributed by atoms with Gasteiger partial charge in [-0.05, 0) is 43.6 Å². The Labute approximate surface area is 147 Å². The van der Waals surface area contributed by atoms with E-state index >= 15 is 0 Å². The molecule has 0 aromatic rings. The van der Waals surface area contributed by atoms with Gasteiger partial charge in [-0.3, -0.25) is 9.59 Å². The van der Waals surface area contributed by atoms with Gasteiger partial charge in [0.2, 0.25) is 0 Å². The molecule has 6 atom stereocenters. The third kappa shape index (κ3) is 6.62. The molecule has 3 nitrogen and oxygen atoms in total. The van der Waals surface area contributed by atoms with Crippen LogP contribution in [0.3, 0.4) is 0 Å². The molecule has 0 spiro atoms. The number of allylic oxidation sites excluding steroid dienone is 3.